The zero-order chi connectivity index (χ0) is 23.4. The van der Waals surface area contributed by atoms with Gasteiger partial charge in [-0.2, -0.15) is 0 Å². The van der Waals surface area contributed by atoms with Crippen LogP contribution in [0.3, 0.4) is 0 Å². The maximum atomic E-state index is 11.9. The highest BCUT2D eigenvalue weighted by Crippen LogP contribution is 2.35. The maximum Gasteiger partial charge on any atom is 0.223 e. The minimum atomic E-state index is -1.08. The van der Waals surface area contributed by atoms with Gasteiger partial charge in [-0.15, -0.1) is 6.58 Å². The molecule has 2 fully saturated rings. The van der Waals surface area contributed by atoms with Gasteiger partial charge in [0, 0.05) is 12.5 Å². The van der Waals surface area contributed by atoms with Crippen molar-refractivity contribution in [2.45, 2.75) is 50.3 Å². The van der Waals surface area contributed by atoms with Gasteiger partial charge < -0.3 is 34.1 Å². The number of ether oxygens (including phenoxy) is 5. The van der Waals surface area contributed by atoms with Crippen LogP contribution in [0, 0.1) is 0 Å². The first-order chi connectivity index (χ1) is 16.0. The molecule has 33 heavy (non-hydrogen) atoms. The molecule has 1 amide bonds. The molecule has 0 spiro atoms. The van der Waals surface area contributed by atoms with Crippen molar-refractivity contribution in [2.75, 3.05) is 13.7 Å². The Morgan fingerprint density at radius 1 is 1.21 bits per heavy atom. The summed E-state index contributed by atoms with van der Waals surface area (Å²) >= 11 is 0. The van der Waals surface area contributed by atoms with Gasteiger partial charge >= 0.3 is 0 Å². The molecule has 0 aliphatic carbocycles. The lowest BCUT2D eigenvalue weighted by Crippen LogP contribution is -2.67. The van der Waals surface area contributed by atoms with Gasteiger partial charge in [0.1, 0.15) is 35.9 Å². The summed E-state index contributed by atoms with van der Waals surface area (Å²) in [6.07, 6.45) is -1.59. The van der Waals surface area contributed by atoms with E-state index in [1.165, 1.54) is 6.92 Å². The summed E-state index contributed by atoms with van der Waals surface area (Å²) in [6.45, 7) is 5.36. The van der Waals surface area contributed by atoms with Crippen LogP contribution in [0.5, 0.6) is 11.5 Å². The molecule has 4 rings (SSSR count). The Labute approximate surface area is 193 Å². The van der Waals surface area contributed by atoms with Gasteiger partial charge in [-0.05, 0) is 30.2 Å². The normalized spacial score (nSPS) is 28.9. The number of allylic oxidation sites excluding steroid dienone is 1. The Morgan fingerprint density at radius 3 is 2.67 bits per heavy atom. The summed E-state index contributed by atoms with van der Waals surface area (Å²) in [7, 11) is 1.60. The molecule has 6 unspecified atom stereocenters. The van der Waals surface area contributed by atoms with Crippen molar-refractivity contribution >= 4 is 5.91 Å². The van der Waals surface area contributed by atoms with Crippen molar-refractivity contribution in [2.24, 2.45) is 0 Å². The fourth-order valence-electron chi connectivity index (χ4n) is 4.08. The number of hydrogen-bond acceptors (Lipinski definition) is 7. The Bertz CT molecular complexity index is 963. The molecule has 2 aliphatic rings. The van der Waals surface area contributed by atoms with Gasteiger partial charge in [0.05, 0.1) is 13.7 Å². The topological polar surface area (TPSA) is 95.5 Å². The van der Waals surface area contributed by atoms with Crippen LogP contribution >= 0.6 is 0 Å². The van der Waals surface area contributed by atoms with E-state index in [0.29, 0.717) is 12.2 Å². The van der Waals surface area contributed by atoms with Gasteiger partial charge in [0.15, 0.2) is 6.29 Å². The number of para-hydroxylation sites is 1. The van der Waals surface area contributed by atoms with E-state index in [-0.39, 0.29) is 12.5 Å². The van der Waals surface area contributed by atoms with Crippen molar-refractivity contribution in [1.82, 2.24) is 5.32 Å². The molecular weight excluding hydrogens is 426 g/mol. The molecule has 0 radical (unpaired) electrons. The Hall–Kier alpha value is -2.91. The van der Waals surface area contributed by atoms with E-state index < -0.39 is 36.9 Å². The van der Waals surface area contributed by atoms with Crippen molar-refractivity contribution in [1.29, 1.82) is 0 Å². The zero-order valence-electron chi connectivity index (χ0n) is 18.7. The molecule has 8 nitrogen and oxygen atoms in total. The van der Waals surface area contributed by atoms with Crippen molar-refractivity contribution in [3.05, 3.63) is 72.3 Å². The number of aliphatic hydroxyl groups excluding tert-OH is 1. The number of carbonyl (C=O) groups is 1. The third-order valence-corrected chi connectivity index (χ3v) is 5.70. The molecule has 2 aromatic rings. The summed E-state index contributed by atoms with van der Waals surface area (Å²) < 4.78 is 29.4. The summed E-state index contributed by atoms with van der Waals surface area (Å²) in [5, 5.41) is 13.9. The predicted molar refractivity (Wildman–Crippen MR) is 120 cm³/mol. The first-order valence-electron chi connectivity index (χ1n) is 10.9. The van der Waals surface area contributed by atoms with Crippen molar-refractivity contribution in [3.63, 3.8) is 0 Å². The predicted octanol–water partition coefficient (Wildman–Crippen LogP) is 2.51. The van der Waals surface area contributed by atoms with E-state index in [1.54, 1.807) is 13.2 Å². The lowest BCUT2D eigenvalue weighted by atomic mass is 9.95. The third-order valence-electron chi connectivity index (χ3n) is 5.70. The highest BCUT2D eigenvalue weighted by molar-refractivity contribution is 5.73. The average molecular weight is 456 g/mol. The van der Waals surface area contributed by atoms with Crippen LogP contribution in [0.25, 0.3) is 0 Å². The average Bonchev–Trinajstić information content (AvgIpc) is 2.82. The lowest BCUT2D eigenvalue weighted by molar-refractivity contribution is -0.333. The number of fused-ring (bicyclic) bond motifs is 1. The first-order valence-corrected chi connectivity index (χ1v) is 10.9. The zero-order valence-corrected chi connectivity index (χ0v) is 18.7. The Morgan fingerprint density at radius 2 is 1.97 bits per heavy atom. The molecule has 2 aliphatic heterocycles. The summed E-state index contributed by atoms with van der Waals surface area (Å²) in [5.74, 6) is 1.00. The van der Waals surface area contributed by atoms with E-state index in [9.17, 15) is 9.90 Å². The highest BCUT2D eigenvalue weighted by atomic mass is 16.7. The molecule has 2 N–H and O–H groups in total. The van der Waals surface area contributed by atoms with Crippen LogP contribution in [0.4, 0.5) is 0 Å². The number of carbonyl (C=O) groups excluding carboxylic acids is 1. The molecule has 0 aromatic heterocycles. The molecule has 2 saturated heterocycles. The van der Waals surface area contributed by atoms with Crippen LogP contribution in [-0.4, -0.2) is 55.4 Å². The molecule has 6 atom stereocenters. The summed E-state index contributed by atoms with van der Waals surface area (Å²) in [6, 6.07) is 14.0. The Kier molecular flexibility index (Phi) is 7.29. The second-order valence-electron chi connectivity index (χ2n) is 8.02. The van der Waals surface area contributed by atoms with E-state index in [0.717, 1.165) is 16.9 Å². The standard InChI is InChI=1S/C25H29NO7/c1-4-7-16-8-5-6-9-19(16)31-25-21(26-15(2)27)22(28)23-20(32-25)14-30-24(33-23)17-10-12-18(29-3)13-11-17/h4-6,8-13,20-25,28H,1,7,14H2,2-3H3,(H,26,27). The number of benzene rings is 2. The number of aliphatic hydroxyl groups is 1. The first kappa shape index (κ1) is 23.3. The van der Waals surface area contributed by atoms with Gasteiger partial charge in [0.25, 0.3) is 0 Å². The second kappa shape index (κ2) is 10.4. The largest absolute Gasteiger partial charge is 0.497 e. The fraction of sp³-hybridized carbons (Fsp3) is 0.400. The van der Waals surface area contributed by atoms with Gasteiger partial charge in [0.2, 0.25) is 12.2 Å². The van der Waals surface area contributed by atoms with Gasteiger partial charge in [-0.3, -0.25) is 4.79 Å². The monoisotopic (exact) mass is 455 g/mol. The van der Waals surface area contributed by atoms with Crippen LogP contribution in [0.1, 0.15) is 24.3 Å². The number of rotatable bonds is 7. The maximum absolute atomic E-state index is 11.9. The third kappa shape index (κ3) is 5.20. The smallest absolute Gasteiger partial charge is 0.223 e. The number of amides is 1. The van der Waals surface area contributed by atoms with E-state index in [4.69, 9.17) is 23.7 Å². The summed E-state index contributed by atoms with van der Waals surface area (Å²) in [5.41, 5.74) is 1.71. The minimum absolute atomic E-state index is 0.194. The fourth-order valence-corrected chi connectivity index (χ4v) is 4.08. The minimum Gasteiger partial charge on any atom is -0.497 e. The quantitative estimate of drug-likeness (QED) is 0.620. The number of nitrogens with one attached hydrogen (secondary N) is 1. The highest BCUT2D eigenvalue weighted by Gasteiger charge is 2.50. The van der Waals surface area contributed by atoms with Crippen molar-refractivity contribution < 1.29 is 33.6 Å². The Balaban J connectivity index is 1.53. The molecule has 0 saturated carbocycles. The number of methoxy groups -OCH3 is 1. The van der Waals surface area contributed by atoms with Crippen molar-refractivity contribution in [3.8, 4) is 11.5 Å². The molecular formula is C25H29NO7. The molecule has 8 heteroatoms. The van der Waals surface area contributed by atoms with E-state index in [2.05, 4.69) is 11.9 Å². The van der Waals surface area contributed by atoms with Crippen LogP contribution < -0.4 is 14.8 Å². The molecule has 0 bridgehead atoms. The van der Waals surface area contributed by atoms with E-state index >= 15 is 0 Å². The van der Waals surface area contributed by atoms with Crippen LogP contribution in [-0.2, 0) is 25.4 Å². The number of hydrogen-bond donors (Lipinski definition) is 2. The van der Waals surface area contributed by atoms with Crippen LogP contribution in [0.2, 0.25) is 0 Å². The van der Waals surface area contributed by atoms with E-state index in [1.807, 2.05) is 48.5 Å². The SMILES string of the molecule is C=CCc1ccccc1OC1OC2COC(c3ccc(OC)cc3)OC2C(O)C1NC(C)=O. The molecule has 176 valence electrons. The lowest BCUT2D eigenvalue weighted by Gasteiger charge is -2.47. The summed E-state index contributed by atoms with van der Waals surface area (Å²) in [4.78, 5) is 11.9. The van der Waals surface area contributed by atoms with Crippen LogP contribution in [0.15, 0.2) is 61.2 Å². The molecule has 2 aromatic carbocycles. The second-order valence-corrected chi connectivity index (χ2v) is 8.02. The van der Waals surface area contributed by atoms with Gasteiger partial charge in [-0.25, -0.2) is 0 Å². The van der Waals surface area contributed by atoms with Gasteiger partial charge in [-0.1, -0.05) is 36.4 Å². The molecule has 2 heterocycles.